The Bertz CT molecular complexity index is 925. The summed E-state index contributed by atoms with van der Waals surface area (Å²) in [6.45, 7) is 3.81. The van der Waals surface area contributed by atoms with Gasteiger partial charge < -0.3 is 4.74 Å². The highest BCUT2D eigenvalue weighted by Gasteiger charge is 2.22. The monoisotopic (exact) mass is 387 g/mol. The molecule has 5 nitrogen and oxygen atoms in total. The Morgan fingerprint density at radius 3 is 2.58 bits per heavy atom. The Morgan fingerprint density at radius 1 is 1.19 bits per heavy atom. The van der Waals surface area contributed by atoms with Gasteiger partial charge in [0.2, 0.25) is 0 Å². The van der Waals surface area contributed by atoms with E-state index in [1.807, 2.05) is 54.0 Å². The first-order valence-corrected chi connectivity index (χ1v) is 9.28. The number of hydrogen-bond donors (Lipinski definition) is 0. The molecule has 1 heterocycles. The predicted molar refractivity (Wildman–Crippen MR) is 104 cm³/mol. The number of aryl methyl sites for hydroxylation is 1. The average molecular weight is 388 g/mol. The van der Waals surface area contributed by atoms with E-state index in [1.54, 1.807) is 6.92 Å². The molecule has 1 atom stereocenters. The number of ether oxygens (including phenoxy) is 1. The second-order valence-electron chi connectivity index (χ2n) is 5.77. The number of hydrogen-bond acceptors (Lipinski definition) is 5. The normalized spacial score (nSPS) is 12.0. The SMILES string of the molecule is COC(=O)C(C)Sc1nnc(-c2ccc(Cl)cc2)n1-c1cccc(C)c1. The third-order valence-corrected chi connectivity index (χ3v) is 5.08. The van der Waals surface area contributed by atoms with E-state index in [0.717, 1.165) is 16.8 Å². The summed E-state index contributed by atoms with van der Waals surface area (Å²) in [6.07, 6.45) is 0. The minimum Gasteiger partial charge on any atom is -0.468 e. The van der Waals surface area contributed by atoms with Gasteiger partial charge in [0.05, 0.1) is 7.11 Å². The molecule has 2 aromatic carbocycles. The molecular formula is C19H18ClN3O2S. The lowest BCUT2D eigenvalue weighted by molar-refractivity contribution is -0.139. The molecule has 3 aromatic rings. The minimum atomic E-state index is -0.397. The van der Waals surface area contributed by atoms with E-state index in [1.165, 1.54) is 18.9 Å². The molecule has 0 bridgehead atoms. The Morgan fingerprint density at radius 2 is 1.92 bits per heavy atom. The number of esters is 1. The highest BCUT2D eigenvalue weighted by Crippen LogP contribution is 2.31. The fourth-order valence-corrected chi connectivity index (χ4v) is 3.52. The third kappa shape index (κ3) is 3.92. The standard InChI is InChI=1S/C19H18ClN3O2S/c1-12-5-4-6-16(11-12)23-17(14-7-9-15(20)10-8-14)21-22-19(23)26-13(2)18(24)25-3/h4-11,13H,1-3H3. The number of thioether (sulfide) groups is 1. The van der Waals surface area contributed by atoms with Crippen molar-refractivity contribution in [2.24, 2.45) is 0 Å². The third-order valence-electron chi connectivity index (χ3n) is 3.81. The number of carbonyl (C=O) groups is 1. The van der Waals surface area contributed by atoms with Crippen LogP contribution in [0.5, 0.6) is 0 Å². The first kappa shape index (κ1) is 18.5. The highest BCUT2D eigenvalue weighted by atomic mass is 35.5. The summed E-state index contributed by atoms with van der Waals surface area (Å²) in [7, 11) is 1.38. The first-order valence-electron chi connectivity index (χ1n) is 8.02. The fourth-order valence-electron chi connectivity index (χ4n) is 2.50. The van der Waals surface area contributed by atoms with Crippen molar-refractivity contribution in [1.29, 1.82) is 0 Å². The van der Waals surface area contributed by atoms with Gasteiger partial charge in [-0.25, -0.2) is 0 Å². The summed E-state index contributed by atoms with van der Waals surface area (Å²) in [5.74, 6) is 0.383. The van der Waals surface area contributed by atoms with Crippen LogP contribution in [0.1, 0.15) is 12.5 Å². The average Bonchev–Trinajstić information content (AvgIpc) is 3.05. The summed E-state index contributed by atoms with van der Waals surface area (Å²) < 4.78 is 6.77. The summed E-state index contributed by atoms with van der Waals surface area (Å²) in [5.41, 5.74) is 2.94. The van der Waals surface area contributed by atoms with E-state index in [9.17, 15) is 4.79 Å². The van der Waals surface area contributed by atoms with Crippen molar-refractivity contribution in [1.82, 2.24) is 14.8 Å². The molecule has 0 fully saturated rings. The van der Waals surface area contributed by atoms with Crippen molar-refractivity contribution in [3.63, 3.8) is 0 Å². The maximum absolute atomic E-state index is 11.8. The van der Waals surface area contributed by atoms with Crippen LogP contribution in [0, 0.1) is 6.92 Å². The Balaban J connectivity index is 2.10. The van der Waals surface area contributed by atoms with Gasteiger partial charge in [0.15, 0.2) is 11.0 Å². The Labute approximate surface area is 161 Å². The molecule has 0 spiro atoms. The summed E-state index contributed by atoms with van der Waals surface area (Å²) in [5, 5.41) is 9.55. The molecule has 0 saturated heterocycles. The predicted octanol–water partition coefficient (Wildman–Crippen LogP) is 4.55. The first-order chi connectivity index (χ1) is 12.5. The molecule has 7 heteroatoms. The van der Waals surface area contributed by atoms with Crippen LogP contribution in [0.2, 0.25) is 5.02 Å². The van der Waals surface area contributed by atoms with Crippen LogP contribution < -0.4 is 0 Å². The van der Waals surface area contributed by atoms with Crippen LogP contribution in [-0.4, -0.2) is 33.1 Å². The molecule has 1 aromatic heterocycles. The van der Waals surface area contributed by atoms with Gasteiger partial charge >= 0.3 is 5.97 Å². The number of carbonyl (C=O) groups excluding carboxylic acids is 1. The van der Waals surface area contributed by atoms with Gasteiger partial charge in [-0.1, -0.05) is 35.5 Å². The molecule has 0 N–H and O–H groups in total. The number of halogens is 1. The maximum atomic E-state index is 11.8. The lowest BCUT2D eigenvalue weighted by Crippen LogP contribution is -2.15. The number of aromatic nitrogens is 3. The van der Waals surface area contributed by atoms with E-state index in [4.69, 9.17) is 16.3 Å². The minimum absolute atomic E-state index is 0.304. The maximum Gasteiger partial charge on any atom is 0.318 e. The lowest BCUT2D eigenvalue weighted by atomic mass is 10.2. The zero-order valence-electron chi connectivity index (χ0n) is 14.6. The van der Waals surface area contributed by atoms with Crippen molar-refractivity contribution in [3.8, 4) is 17.1 Å². The van der Waals surface area contributed by atoms with Crippen LogP contribution in [0.15, 0.2) is 53.7 Å². The molecule has 0 amide bonds. The van der Waals surface area contributed by atoms with Gasteiger partial charge in [-0.2, -0.15) is 0 Å². The molecule has 1 unspecified atom stereocenters. The molecule has 0 radical (unpaired) electrons. The Kier molecular flexibility index (Phi) is 5.64. The molecule has 0 saturated carbocycles. The molecule has 0 aliphatic carbocycles. The second-order valence-corrected chi connectivity index (χ2v) is 7.52. The van der Waals surface area contributed by atoms with Gasteiger partial charge in [-0.3, -0.25) is 9.36 Å². The number of benzene rings is 2. The summed E-state index contributed by atoms with van der Waals surface area (Å²) in [6, 6.07) is 15.5. The van der Waals surface area contributed by atoms with Crippen LogP contribution in [0.25, 0.3) is 17.1 Å². The van der Waals surface area contributed by atoms with E-state index in [-0.39, 0.29) is 5.97 Å². The topological polar surface area (TPSA) is 57.0 Å². The summed E-state index contributed by atoms with van der Waals surface area (Å²) >= 11 is 7.31. The van der Waals surface area contributed by atoms with Gasteiger partial charge in [0.1, 0.15) is 5.25 Å². The zero-order valence-corrected chi connectivity index (χ0v) is 16.2. The molecular weight excluding hydrogens is 370 g/mol. The number of nitrogens with zero attached hydrogens (tertiary/aromatic N) is 3. The van der Waals surface area contributed by atoms with Crippen molar-refractivity contribution in [2.75, 3.05) is 7.11 Å². The van der Waals surface area contributed by atoms with E-state index in [2.05, 4.69) is 16.3 Å². The van der Waals surface area contributed by atoms with Gasteiger partial charge in [0, 0.05) is 16.3 Å². The largest absolute Gasteiger partial charge is 0.468 e. The van der Waals surface area contributed by atoms with E-state index >= 15 is 0 Å². The van der Waals surface area contributed by atoms with E-state index < -0.39 is 5.25 Å². The van der Waals surface area contributed by atoms with Crippen molar-refractivity contribution in [2.45, 2.75) is 24.3 Å². The van der Waals surface area contributed by atoms with Crippen LogP contribution >= 0.6 is 23.4 Å². The highest BCUT2D eigenvalue weighted by molar-refractivity contribution is 8.00. The smallest absolute Gasteiger partial charge is 0.318 e. The van der Waals surface area contributed by atoms with Crippen LogP contribution in [0.4, 0.5) is 0 Å². The Hall–Kier alpha value is -2.31. The van der Waals surface area contributed by atoms with Crippen molar-refractivity contribution >= 4 is 29.3 Å². The lowest BCUT2D eigenvalue weighted by Gasteiger charge is -2.13. The van der Waals surface area contributed by atoms with Crippen molar-refractivity contribution < 1.29 is 9.53 Å². The molecule has 26 heavy (non-hydrogen) atoms. The molecule has 0 aliphatic rings. The quantitative estimate of drug-likeness (QED) is 0.474. The molecule has 0 aliphatic heterocycles. The van der Waals surface area contributed by atoms with Crippen LogP contribution in [-0.2, 0) is 9.53 Å². The second kappa shape index (κ2) is 7.93. The molecule has 3 rings (SSSR count). The van der Waals surface area contributed by atoms with Gasteiger partial charge in [0.25, 0.3) is 0 Å². The number of rotatable bonds is 5. The van der Waals surface area contributed by atoms with Gasteiger partial charge in [-0.15, -0.1) is 10.2 Å². The van der Waals surface area contributed by atoms with Gasteiger partial charge in [-0.05, 0) is 55.8 Å². The zero-order chi connectivity index (χ0) is 18.7. The van der Waals surface area contributed by atoms with E-state index in [0.29, 0.717) is 16.0 Å². The summed E-state index contributed by atoms with van der Waals surface area (Å²) in [4.78, 5) is 11.8. The molecule has 134 valence electrons. The van der Waals surface area contributed by atoms with Crippen molar-refractivity contribution in [3.05, 3.63) is 59.1 Å². The fraction of sp³-hybridized carbons (Fsp3) is 0.211. The number of methoxy groups -OCH3 is 1. The van der Waals surface area contributed by atoms with Crippen LogP contribution in [0.3, 0.4) is 0 Å².